The number of ether oxygens (including phenoxy) is 3. The van der Waals surface area contributed by atoms with Crippen LogP contribution in [-0.2, 0) is 27.5 Å². The molecule has 5 rings (SSSR count). The Morgan fingerprint density at radius 1 is 0.789 bits per heavy atom. The largest absolute Gasteiger partial charge is 0.411 e. The van der Waals surface area contributed by atoms with Crippen molar-refractivity contribution in [2.24, 2.45) is 5.92 Å². The molecule has 3 saturated heterocycles. The maximum Gasteiger partial charge on any atom is 0.261 e. The van der Waals surface area contributed by atoms with Crippen molar-refractivity contribution < 1.29 is 32.6 Å². The summed E-state index contributed by atoms with van der Waals surface area (Å²) in [6.45, 7) is 32.6. The van der Waals surface area contributed by atoms with Gasteiger partial charge in [0.05, 0.1) is 42.7 Å². The van der Waals surface area contributed by atoms with E-state index in [0.29, 0.717) is 25.4 Å². The number of aliphatic hydroxyl groups excluding tert-OH is 1. The van der Waals surface area contributed by atoms with Crippen LogP contribution in [0.15, 0.2) is 60.7 Å². The first kappa shape index (κ1) is 46.9. The van der Waals surface area contributed by atoms with Crippen LogP contribution in [-0.4, -0.2) is 91.1 Å². The molecule has 9 atom stereocenters. The quantitative estimate of drug-likeness (QED) is 0.141. The second-order valence-electron chi connectivity index (χ2n) is 20.8. The minimum Gasteiger partial charge on any atom is -0.411 e. The third-order valence-corrected chi connectivity index (χ3v) is 29.0. The lowest BCUT2D eigenvalue weighted by Crippen LogP contribution is -2.66. The highest BCUT2D eigenvalue weighted by atomic mass is 28.4. The number of benzene rings is 2. The van der Waals surface area contributed by atoms with Gasteiger partial charge >= 0.3 is 0 Å². The van der Waals surface area contributed by atoms with Gasteiger partial charge in [-0.15, -0.1) is 0 Å². The van der Waals surface area contributed by atoms with Crippen LogP contribution >= 0.6 is 0 Å². The molecule has 1 N–H and O–H groups in total. The van der Waals surface area contributed by atoms with Crippen LogP contribution in [0, 0.1) is 5.92 Å². The molecule has 2 aromatic rings. The first-order valence-electron chi connectivity index (χ1n) is 22.4. The van der Waals surface area contributed by atoms with E-state index < -0.39 is 36.2 Å². The van der Waals surface area contributed by atoms with Crippen molar-refractivity contribution in [1.29, 1.82) is 0 Å². The van der Waals surface area contributed by atoms with Gasteiger partial charge in [-0.3, -0.25) is 0 Å². The molecular weight excluding hydrogens is 761 g/mol. The third-order valence-electron chi connectivity index (χ3n) is 14.8. The first-order chi connectivity index (χ1) is 26.6. The Labute approximate surface area is 350 Å². The van der Waals surface area contributed by atoms with E-state index in [-0.39, 0.29) is 53.3 Å². The molecule has 3 heterocycles. The average Bonchev–Trinajstić information content (AvgIpc) is 3.26. The molecule has 10 heteroatoms. The molecule has 0 radical (unpaired) electrons. The molecule has 57 heavy (non-hydrogen) atoms. The van der Waals surface area contributed by atoms with Gasteiger partial charge in [0.15, 0.2) is 16.6 Å². The summed E-state index contributed by atoms with van der Waals surface area (Å²) in [6.07, 6.45) is 3.00. The normalized spacial score (nSPS) is 31.7. The Balaban J connectivity index is 1.40. The van der Waals surface area contributed by atoms with Crippen molar-refractivity contribution in [2.75, 3.05) is 13.2 Å². The molecule has 3 aliphatic heterocycles. The summed E-state index contributed by atoms with van der Waals surface area (Å²) in [7, 11) is -6.88. The Hall–Kier alpha value is -1.19. The van der Waals surface area contributed by atoms with Crippen molar-refractivity contribution in [3.8, 4) is 0 Å². The van der Waals surface area contributed by atoms with Gasteiger partial charge in [0.25, 0.3) is 8.32 Å². The molecular formula is C47H80O7Si3. The highest BCUT2D eigenvalue weighted by molar-refractivity contribution is 6.99. The Morgan fingerprint density at radius 2 is 1.35 bits per heavy atom. The van der Waals surface area contributed by atoms with Gasteiger partial charge in [-0.1, -0.05) is 130 Å². The van der Waals surface area contributed by atoms with Gasteiger partial charge in [-0.2, -0.15) is 0 Å². The maximum absolute atomic E-state index is 11.0. The molecule has 3 aliphatic rings. The molecule has 7 nitrogen and oxygen atoms in total. The summed E-state index contributed by atoms with van der Waals surface area (Å²) >= 11 is 0. The minimum atomic E-state index is -2.62. The highest BCUT2D eigenvalue weighted by Gasteiger charge is 2.59. The van der Waals surface area contributed by atoms with E-state index in [2.05, 4.69) is 150 Å². The molecule has 0 unspecified atom stereocenters. The predicted molar refractivity (Wildman–Crippen MR) is 242 cm³/mol. The zero-order valence-electron chi connectivity index (χ0n) is 38.3. The predicted octanol–water partition coefficient (Wildman–Crippen LogP) is 10.0. The summed E-state index contributed by atoms with van der Waals surface area (Å²) in [4.78, 5) is 0. The molecule has 0 aromatic heterocycles. The van der Waals surface area contributed by atoms with Crippen molar-refractivity contribution in [3.63, 3.8) is 0 Å². The van der Waals surface area contributed by atoms with Crippen LogP contribution in [0.25, 0.3) is 0 Å². The van der Waals surface area contributed by atoms with Crippen LogP contribution in [0.5, 0.6) is 0 Å². The van der Waals surface area contributed by atoms with Crippen LogP contribution < -0.4 is 10.4 Å². The monoisotopic (exact) mass is 841 g/mol. The number of rotatable bonds is 15. The lowest BCUT2D eigenvalue weighted by molar-refractivity contribution is -0.265. The van der Waals surface area contributed by atoms with E-state index in [9.17, 15) is 5.11 Å². The van der Waals surface area contributed by atoms with Crippen molar-refractivity contribution in [1.82, 2.24) is 0 Å². The van der Waals surface area contributed by atoms with Gasteiger partial charge < -0.3 is 32.6 Å². The number of hydrogen-bond acceptors (Lipinski definition) is 7. The molecule has 3 fully saturated rings. The smallest absolute Gasteiger partial charge is 0.261 e. The van der Waals surface area contributed by atoms with Crippen molar-refractivity contribution in [2.45, 2.75) is 204 Å². The summed E-state index contributed by atoms with van der Waals surface area (Å²) in [5, 5.41) is 13.6. The van der Waals surface area contributed by atoms with Gasteiger partial charge in [0, 0.05) is 19.4 Å². The maximum atomic E-state index is 11.0. The van der Waals surface area contributed by atoms with E-state index >= 15 is 0 Å². The third kappa shape index (κ3) is 9.66. The Morgan fingerprint density at radius 3 is 1.84 bits per heavy atom. The highest BCUT2D eigenvalue weighted by Crippen LogP contribution is 2.49. The fraction of sp³-hybridized carbons (Fsp3) is 0.745. The minimum absolute atomic E-state index is 0.0146. The topological polar surface area (TPSA) is 75.6 Å². The van der Waals surface area contributed by atoms with Gasteiger partial charge in [0.2, 0.25) is 0 Å². The van der Waals surface area contributed by atoms with Crippen LogP contribution in [0.1, 0.15) is 115 Å². The fourth-order valence-electron chi connectivity index (χ4n) is 9.78. The van der Waals surface area contributed by atoms with Gasteiger partial charge in [-0.25, -0.2) is 0 Å². The Bertz CT molecular complexity index is 1510. The molecule has 0 amide bonds. The van der Waals surface area contributed by atoms with Crippen LogP contribution in [0.3, 0.4) is 0 Å². The summed E-state index contributed by atoms with van der Waals surface area (Å²) in [5.41, 5.74) is -1.42. The van der Waals surface area contributed by atoms with Crippen molar-refractivity contribution >= 4 is 35.3 Å². The van der Waals surface area contributed by atoms with Crippen molar-refractivity contribution in [3.05, 3.63) is 60.7 Å². The van der Waals surface area contributed by atoms with E-state index in [1.54, 1.807) is 0 Å². The zero-order valence-corrected chi connectivity index (χ0v) is 41.3. The van der Waals surface area contributed by atoms with E-state index in [0.717, 1.165) is 37.4 Å². The molecule has 322 valence electrons. The summed E-state index contributed by atoms with van der Waals surface area (Å²) < 4.78 is 43.6. The second kappa shape index (κ2) is 18.0. The molecule has 2 aromatic carbocycles. The standard InChI is InChI=1S/C47H80O7Si3/c1-15-56(16-2,17-3)54-42-32-39-43(52-47(42,12)34-48)40(53-55(13,14)44(5,6)7)33-46(11)41(50-39)31-35(4)38(51-46)29-24-30-49-57(45(8,9)10,36-25-20-18-21-26-36)37-27-22-19-23-28-37/h18-23,25-28,35,38-43,48H,15-17,24,29-34H2,1-14H3/t35-,38-,39+,40-,41-,42-,43+,46+,47+/m0/s1. The van der Waals surface area contributed by atoms with Crippen LogP contribution in [0.4, 0.5) is 0 Å². The van der Waals surface area contributed by atoms with Gasteiger partial charge in [0.1, 0.15) is 11.7 Å². The van der Waals surface area contributed by atoms with Crippen LogP contribution in [0.2, 0.25) is 41.3 Å². The SMILES string of the molecule is CC[Si](CC)(CC)O[C@H]1C[C@H]2O[C@H]3C[C@H](C)[C@H](CCCO[Si](c4ccccc4)(c4ccccc4)C(C)(C)C)O[C@]3(C)C[C@H](O[Si](C)(C)C(C)(C)C)[C@@H]2O[C@]1(C)CO. The summed E-state index contributed by atoms with van der Waals surface area (Å²) in [6, 6.07) is 25.0. The fourth-order valence-corrected chi connectivity index (χ4v) is 18.7. The zero-order chi connectivity index (χ0) is 42.1. The number of hydrogen-bond donors (Lipinski definition) is 1. The van der Waals surface area contributed by atoms with E-state index in [1.807, 2.05) is 6.92 Å². The lowest BCUT2D eigenvalue weighted by Gasteiger charge is -2.52. The lowest BCUT2D eigenvalue weighted by atomic mass is 9.80. The van der Waals surface area contributed by atoms with E-state index in [4.69, 9.17) is 27.5 Å². The molecule has 0 spiro atoms. The average molecular weight is 841 g/mol. The summed E-state index contributed by atoms with van der Waals surface area (Å²) in [5.74, 6) is 0.312. The molecule has 0 aliphatic carbocycles. The second-order valence-corrected chi connectivity index (χ2v) is 34.5. The number of fused-ring (bicyclic) bond motifs is 2. The Kier molecular flexibility index (Phi) is 14.8. The van der Waals surface area contributed by atoms with Gasteiger partial charge in [-0.05, 0) is 90.7 Å². The first-order valence-corrected chi connectivity index (χ1v) is 29.7. The van der Waals surface area contributed by atoms with E-state index in [1.165, 1.54) is 10.4 Å². The molecule has 0 bridgehead atoms. The molecule has 0 saturated carbocycles. The number of aliphatic hydroxyl groups is 1.